The van der Waals surface area contributed by atoms with E-state index in [9.17, 15) is 9.59 Å². The number of carbonyl (C=O) groups is 2. The molecule has 0 aliphatic carbocycles. The Morgan fingerprint density at radius 2 is 1.43 bits per heavy atom. The zero-order valence-corrected chi connectivity index (χ0v) is 15.1. The standard InChI is InChI=1S/C17H32N2O4/c1-6-9-14(16(20)22-4)18-10-7-8-11-19-15(12-13(2)3)17(21)23-5/h7-8,13-15,18-19H,6,9-12H2,1-5H3/b8-7-. The fourth-order valence-electron chi connectivity index (χ4n) is 2.20. The highest BCUT2D eigenvalue weighted by molar-refractivity contribution is 5.76. The normalized spacial score (nSPS) is 14.0. The van der Waals surface area contributed by atoms with Gasteiger partial charge in [0.15, 0.2) is 0 Å². The van der Waals surface area contributed by atoms with E-state index >= 15 is 0 Å². The summed E-state index contributed by atoms with van der Waals surface area (Å²) in [5.41, 5.74) is 0. The molecule has 23 heavy (non-hydrogen) atoms. The summed E-state index contributed by atoms with van der Waals surface area (Å²) < 4.78 is 9.56. The number of ether oxygens (including phenoxy) is 2. The summed E-state index contributed by atoms with van der Waals surface area (Å²) in [6, 6.07) is -0.563. The van der Waals surface area contributed by atoms with Gasteiger partial charge in [0.25, 0.3) is 0 Å². The van der Waals surface area contributed by atoms with Crippen molar-refractivity contribution >= 4 is 11.9 Å². The van der Waals surface area contributed by atoms with Crippen molar-refractivity contribution in [2.45, 2.75) is 52.1 Å². The Morgan fingerprint density at radius 1 is 0.957 bits per heavy atom. The third-order valence-electron chi connectivity index (χ3n) is 3.39. The van der Waals surface area contributed by atoms with Gasteiger partial charge < -0.3 is 20.1 Å². The van der Waals surface area contributed by atoms with Gasteiger partial charge >= 0.3 is 11.9 Å². The van der Waals surface area contributed by atoms with E-state index in [0.717, 1.165) is 19.3 Å². The zero-order chi connectivity index (χ0) is 17.7. The van der Waals surface area contributed by atoms with Crippen molar-refractivity contribution in [2.75, 3.05) is 27.3 Å². The molecule has 0 saturated heterocycles. The smallest absolute Gasteiger partial charge is 0.322 e. The molecule has 0 aromatic heterocycles. The molecule has 0 radical (unpaired) electrons. The lowest BCUT2D eigenvalue weighted by molar-refractivity contribution is -0.144. The van der Waals surface area contributed by atoms with Gasteiger partial charge in [-0.3, -0.25) is 9.59 Å². The van der Waals surface area contributed by atoms with Crippen molar-refractivity contribution < 1.29 is 19.1 Å². The fraction of sp³-hybridized carbons (Fsp3) is 0.765. The van der Waals surface area contributed by atoms with Crippen LogP contribution in [0.1, 0.15) is 40.0 Å². The molecule has 0 aromatic carbocycles. The van der Waals surface area contributed by atoms with Crippen LogP contribution in [0.25, 0.3) is 0 Å². The fourth-order valence-corrected chi connectivity index (χ4v) is 2.20. The second-order valence-electron chi connectivity index (χ2n) is 5.86. The van der Waals surface area contributed by atoms with E-state index in [1.54, 1.807) is 0 Å². The molecular formula is C17H32N2O4. The predicted molar refractivity (Wildman–Crippen MR) is 91.1 cm³/mol. The lowest BCUT2D eigenvalue weighted by Crippen LogP contribution is -2.39. The SMILES string of the molecule is CCCC(NC/C=C\CNC(CC(C)C)C(=O)OC)C(=O)OC. The van der Waals surface area contributed by atoms with Crippen LogP contribution < -0.4 is 10.6 Å². The molecule has 134 valence electrons. The molecule has 0 saturated carbocycles. The molecular weight excluding hydrogens is 296 g/mol. The van der Waals surface area contributed by atoms with Crippen LogP contribution in [0.5, 0.6) is 0 Å². The second kappa shape index (κ2) is 13.1. The summed E-state index contributed by atoms with van der Waals surface area (Å²) in [5.74, 6) is -0.0629. The highest BCUT2D eigenvalue weighted by atomic mass is 16.5. The Hall–Kier alpha value is -1.40. The third kappa shape index (κ3) is 10.1. The highest BCUT2D eigenvalue weighted by Crippen LogP contribution is 2.06. The van der Waals surface area contributed by atoms with Crippen LogP contribution in [0.4, 0.5) is 0 Å². The Bertz CT molecular complexity index is 370. The van der Waals surface area contributed by atoms with Gasteiger partial charge in [0.1, 0.15) is 12.1 Å². The van der Waals surface area contributed by atoms with E-state index in [0.29, 0.717) is 19.0 Å². The van der Waals surface area contributed by atoms with Crippen LogP contribution in [-0.2, 0) is 19.1 Å². The summed E-state index contributed by atoms with van der Waals surface area (Å²) >= 11 is 0. The molecule has 0 aromatic rings. The molecule has 0 aliphatic heterocycles. The van der Waals surface area contributed by atoms with Gasteiger partial charge in [0.05, 0.1) is 14.2 Å². The van der Waals surface area contributed by atoms with E-state index in [2.05, 4.69) is 24.5 Å². The molecule has 0 aliphatic rings. The van der Waals surface area contributed by atoms with Crippen molar-refractivity contribution in [1.29, 1.82) is 0 Å². The van der Waals surface area contributed by atoms with E-state index in [-0.39, 0.29) is 24.0 Å². The van der Waals surface area contributed by atoms with Crippen LogP contribution in [0, 0.1) is 5.92 Å². The minimum absolute atomic E-state index is 0.235. The molecule has 0 spiro atoms. The monoisotopic (exact) mass is 328 g/mol. The lowest BCUT2D eigenvalue weighted by atomic mass is 10.0. The van der Waals surface area contributed by atoms with E-state index < -0.39 is 0 Å². The molecule has 2 N–H and O–H groups in total. The maximum absolute atomic E-state index is 11.7. The van der Waals surface area contributed by atoms with E-state index in [1.165, 1.54) is 14.2 Å². The van der Waals surface area contributed by atoms with Crippen LogP contribution >= 0.6 is 0 Å². The van der Waals surface area contributed by atoms with Crippen LogP contribution in [0.3, 0.4) is 0 Å². The van der Waals surface area contributed by atoms with E-state index in [4.69, 9.17) is 9.47 Å². The van der Waals surface area contributed by atoms with E-state index in [1.807, 2.05) is 19.1 Å². The summed E-state index contributed by atoms with van der Waals surface area (Å²) in [4.78, 5) is 23.2. The molecule has 0 bridgehead atoms. The molecule has 0 amide bonds. The van der Waals surface area contributed by atoms with Crippen molar-refractivity contribution in [3.8, 4) is 0 Å². The van der Waals surface area contributed by atoms with Gasteiger partial charge in [0.2, 0.25) is 0 Å². The molecule has 6 nitrogen and oxygen atoms in total. The van der Waals surface area contributed by atoms with Gasteiger partial charge in [-0.2, -0.15) is 0 Å². The summed E-state index contributed by atoms with van der Waals surface area (Å²) in [5, 5.41) is 6.31. The zero-order valence-electron chi connectivity index (χ0n) is 15.1. The van der Waals surface area contributed by atoms with Crippen LogP contribution in [0.15, 0.2) is 12.2 Å². The highest BCUT2D eigenvalue weighted by Gasteiger charge is 2.19. The summed E-state index contributed by atoms with van der Waals surface area (Å²) in [7, 11) is 2.80. The molecule has 6 heteroatoms. The van der Waals surface area contributed by atoms with Gasteiger partial charge in [0, 0.05) is 13.1 Å². The first-order chi connectivity index (χ1) is 11.0. The Morgan fingerprint density at radius 3 is 1.87 bits per heavy atom. The number of esters is 2. The van der Waals surface area contributed by atoms with Gasteiger partial charge in [-0.1, -0.05) is 39.3 Å². The van der Waals surface area contributed by atoms with Crippen LogP contribution in [-0.4, -0.2) is 51.3 Å². The van der Waals surface area contributed by atoms with Gasteiger partial charge in [-0.25, -0.2) is 0 Å². The maximum atomic E-state index is 11.7. The number of nitrogens with one attached hydrogen (secondary N) is 2. The first-order valence-corrected chi connectivity index (χ1v) is 8.23. The average molecular weight is 328 g/mol. The topological polar surface area (TPSA) is 76.7 Å². The quantitative estimate of drug-likeness (QED) is 0.419. The van der Waals surface area contributed by atoms with Crippen molar-refractivity contribution in [3.05, 3.63) is 12.2 Å². The van der Waals surface area contributed by atoms with Gasteiger partial charge in [-0.15, -0.1) is 0 Å². The minimum atomic E-state index is -0.291. The molecule has 2 atom stereocenters. The number of methoxy groups -OCH3 is 2. The van der Waals surface area contributed by atoms with Crippen molar-refractivity contribution in [1.82, 2.24) is 10.6 Å². The Kier molecular flexibility index (Phi) is 12.3. The molecule has 0 heterocycles. The average Bonchev–Trinajstić information content (AvgIpc) is 2.53. The molecule has 0 fully saturated rings. The minimum Gasteiger partial charge on any atom is -0.468 e. The summed E-state index contributed by atoms with van der Waals surface area (Å²) in [6.07, 6.45) is 6.26. The first-order valence-electron chi connectivity index (χ1n) is 8.23. The van der Waals surface area contributed by atoms with Gasteiger partial charge in [-0.05, 0) is 18.8 Å². The number of hydrogen-bond acceptors (Lipinski definition) is 6. The first kappa shape index (κ1) is 21.6. The molecule has 2 unspecified atom stereocenters. The third-order valence-corrected chi connectivity index (χ3v) is 3.39. The number of rotatable bonds is 12. The lowest BCUT2D eigenvalue weighted by Gasteiger charge is -2.17. The predicted octanol–water partition coefficient (Wildman–Crippen LogP) is 1.65. The van der Waals surface area contributed by atoms with Crippen molar-refractivity contribution in [2.24, 2.45) is 5.92 Å². The van der Waals surface area contributed by atoms with Crippen LogP contribution in [0.2, 0.25) is 0 Å². The molecule has 0 rings (SSSR count). The summed E-state index contributed by atoms with van der Waals surface area (Å²) in [6.45, 7) is 7.31. The Balaban J connectivity index is 4.16. The number of carbonyl (C=O) groups excluding carboxylic acids is 2. The van der Waals surface area contributed by atoms with Crippen molar-refractivity contribution in [3.63, 3.8) is 0 Å². The maximum Gasteiger partial charge on any atom is 0.322 e. The largest absolute Gasteiger partial charge is 0.468 e. The second-order valence-corrected chi connectivity index (χ2v) is 5.86. The Labute approximate surface area is 140 Å². The number of hydrogen-bond donors (Lipinski definition) is 2.